The van der Waals surface area contributed by atoms with Crippen LogP contribution in [0.5, 0.6) is 11.6 Å². The van der Waals surface area contributed by atoms with Crippen LogP contribution in [-0.4, -0.2) is 30.2 Å². The highest BCUT2D eigenvalue weighted by Crippen LogP contribution is 2.30. The van der Waals surface area contributed by atoms with Gasteiger partial charge in [0.1, 0.15) is 6.33 Å². The fourth-order valence-corrected chi connectivity index (χ4v) is 1.41. The van der Waals surface area contributed by atoms with E-state index in [0.717, 1.165) is 25.8 Å². The third-order valence-electron chi connectivity index (χ3n) is 2.31. The molecule has 0 radical (unpaired) electrons. The van der Waals surface area contributed by atoms with Gasteiger partial charge >= 0.3 is 0 Å². The molecule has 0 saturated heterocycles. The second-order valence-electron chi connectivity index (χ2n) is 3.77. The van der Waals surface area contributed by atoms with Crippen LogP contribution in [0, 0.1) is 0 Å². The highest BCUT2D eigenvalue weighted by molar-refractivity contribution is 5.54. The van der Waals surface area contributed by atoms with E-state index in [1.165, 1.54) is 6.33 Å². The van der Waals surface area contributed by atoms with Crippen LogP contribution < -0.4 is 14.8 Å². The molecule has 0 aliphatic heterocycles. The summed E-state index contributed by atoms with van der Waals surface area (Å²) in [5.74, 6) is 1.72. The van der Waals surface area contributed by atoms with Crippen LogP contribution in [0.4, 0.5) is 5.82 Å². The smallest absolute Gasteiger partial charge is 0.262 e. The van der Waals surface area contributed by atoms with Crippen LogP contribution in [0.2, 0.25) is 0 Å². The third kappa shape index (κ3) is 4.24. The van der Waals surface area contributed by atoms with E-state index in [0.29, 0.717) is 24.1 Å². The molecule has 0 unspecified atom stereocenters. The SMILES string of the molecule is C=CCCCOc1ncnc(NCCC)c1OC. The number of methoxy groups -OCH3 is 1. The van der Waals surface area contributed by atoms with Crippen molar-refractivity contribution in [1.29, 1.82) is 0 Å². The minimum Gasteiger partial charge on any atom is -0.489 e. The molecule has 1 rings (SSSR count). The molecule has 0 atom stereocenters. The van der Waals surface area contributed by atoms with Crippen molar-refractivity contribution < 1.29 is 9.47 Å². The Labute approximate surface area is 108 Å². The highest BCUT2D eigenvalue weighted by Gasteiger charge is 2.12. The molecule has 1 heterocycles. The molecule has 5 nitrogen and oxygen atoms in total. The molecule has 100 valence electrons. The zero-order valence-corrected chi connectivity index (χ0v) is 11.1. The van der Waals surface area contributed by atoms with Crippen LogP contribution in [0.1, 0.15) is 26.2 Å². The van der Waals surface area contributed by atoms with Crippen LogP contribution in [-0.2, 0) is 0 Å². The highest BCUT2D eigenvalue weighted by atomic mass is 16.5. The lowest BCUT2D eigenvalue weighted by atomic mass is 10.3. The van der Waals surface area contributed by atoms with Gasteiger partial charge in [-0.3, -0.25) is 0 Å². The van der Waals surface area contributed by atoms with E-state index in [1.54, 1.807) is 7.11 Å². The van der Waals surface area contributed by atoms with Gasteiger partial charge in [-0.05, 0) is 19.3 Å². The number of nitrogens with zero attached hydrogens (tertiary/aromatic N) is 2. The van der Waals surface area contributed by atoms with Gasteiger partial charge in [0, 0.05) is 6.54 Å². The van der Waals surface area contributed by atoms with E-state index in [2.05, 4.69) is 28.8 Å². The topological polar surface area (TPSA) is 56.3 Å². The summed E-state index contributed by atoms with van der Waals surface area (Å²) in [5, 5.41) is 3.18. The van der Waals surface area contributed by atoms with Crippen molar-refractivity contribution in [3.63, 3.8) is 0 Å². The number of anilines is 1. The zero-order valence-electron chi connectivity index (χ0n) is 11.1. The molecule has 0 saturated carbocycles. The Bertz CT molecular complexity index is 369. The second-order valence-corrected chi connectivity index (χ2v) is 3.77. The quantitative estimate of drug-likeness (QED) is 0.540. The molecule has 0 aliphatic carbocycles. The van der Waals surface area contributed by atoms with E-state index < -0.39 is 0 Å². The van der Waals surface area contributed by atoms with Gasteiger partial charge in [0.05, 0.1) is 13.7 Å². The summed E-state index contributed by atoms with van der Waals surface area (Å²) in [5.41, 5.74) is 0. The number of hydrogen-bond acceptors (Lipinski definition) is 5. The van der Waals surface area contributed by atoms with Gasteiger partial charge < -0.3 is 14.8 Å². The molecular weight excluding hydrogens is 230 g/mol. The Balaban J connectivity index is 2.67. The molecule has 18 heavy (non-hydrogen) atoms. The van der Waals surface area contributed by atoms with E-state index >= 15 is 0 Å². The van der Waals surface area contributed by atoms with Crippen molar-refractivity contribution in [1.82, 2.24) is 9.97 Å². The molecule has 5 heteroatoms. The molecule has 0 fully saturated rings. The summed E-state index contributed by atoms with van der Waals surface area (Å²) in [6.07, 6.45) is 6.20. The molecular formula is C13H21N3O2. The van der Waals surface area contributed by atoms with E-state index in [4.69, 9.17) is 9.47 Å². The normalized spacial score (nSPS) is 9.89. The van der Waals surface area contributed by atoms with E-state index in [1.807, 2.05) is 6.08 Å². The van der Waals surface area contributed by atoms with E-state index in [9.17, 15) is 0 Å². The molecule has 0 bridgehead atoms. The van der Waals surface area contributed by atoms with Crippen molar-refractivity contribution in [2.45, 2.75) is 26.2 Å². The monoisotopic (exact) mass is 251 g/mol. The summed E-state index contributed by atoms with van der Waals surface area (Å²) >= 11 is 0. The lowest BCUT2D eigenvalue weighted by Gasteiger charge is -2.12. The molecule has 0 spiro atoms. The Morgan fingerprint density at radius 3 is 2.94 bits per heavy atom. The third-order valence-corrected chi connectivity index (χ3v) is 2.31. The fraction of sp³-hybridized carbons (Fsp3) is 0.538. The Kier molecular flexibility index (Phi) is 6.61. The van der Waals surface area contributed by atoms with Gasteiger partial charge in [0.25, 0.3) is 5.88 Å². The Morgan fingerprint density at radius 1 is 1.44 bits per heavy atom. The molecule has 0 amide bonds. The van der Waals surface area contributed by atoms with Gasteiger partial charge in [0.2, 0.25) is 5.75 Å². The molecule has 0 aliphatic rings. The summed E-state index contributed by atoms with van der Waals surface area (Å²) < 4.78 is 10.9. The number of allylic oxidation sites excluding steroid dienone is 1. The molecule has 1 N–H and O–H groups in total. The fourth-order valence-electron chi connectivity index (χ4n) is 1.41. The maximum Gasteiger partial charge on any atom is 0.262 e. The lowest BCUT2D eigenvalue weighted by molar-refractivity contribution is 0.278. The van der Waals surface area contributed by atoms with Crippen LogP contribution in [0.15, 0.2) is 19.0 Å². The number of aromatic nitrogens is 2. The molecule has 1 aromatic rings. The zero-order chi connectivity index (χ0) is 13.2. The van der Waals surface area contributed by atoms with Gasteiger partial charge in [-0.2, -0.15) is 4.98 Å². The second kappa shape index (κ2) is 8.33. The summed E-state index contributed by atoms with van der Waals surface area (Å²) in [7, 11) is 1.59. The summed E-state index contributed by atoms with van der Waals surface area (Å²) in [6.45, 7) is 7.19. The maximum absolute atomic E-state index is 5.59. The maximum atomic E-state index is 5.59. The number of unbranched alkanes of at least 4 members (excludes halogenated alkanes) is 1. The minimum atomic E-state index is 0.482. The van der Waals surface area contributed by atoms with Gasteiger partial charge in [0.15, 0.2) is 5.82 Å². The average molecular weight is 251 g/mol. The van der Waals surface area contributed by atoms with E-state index in [-0.39, 0.29) is 0 Å². The summed E-state index contributed by atoms with van der Waals surface area (Å²) in [6, 6.07) is 0. The van der Waals surface area contributed by atoms with Gasteiger partial charge in [-0.1, -0.05) is 13.0 Å². The van der Waals surface area contributed by atoms with Gasteiger partial charge in [-0.15, -0.1) is 6.58 Å². The number of rotatable bonds is 9. The van der Waals surface area contributed by atoms with Crippen LogP contribution >= 0.6 is 0 Å². The standard InChI is InChI=1S/C13H21N3O2/c1-4-6-7-9-18-13-11(17-3)12(14-8-5-2)15-10-16-13/h4,10H,1,5-9H2,2-3H3,(H,14,15,16). The van der Waals surface area contributed by atoms with Crippen molar-refractivity contribution in [2.75, 3.05) is 25.6 Å². The minimum absolute atomic E-state index is 0.482. The van der Waals surface area contributed by atoms with Crippen LogP contribution in [0.25, 0.3) is 0 Å². The van der Waals surface area contributed by atoms with Crippen molar-refractivity contribution in [3.05, 3.63) is 19.0 Å². The first-order valence-corrected chi connectivity index (χ1v) is 6.20. The average Bonchev–Trinajstić information content (AvgIpc) is 2.41. The molecule has 1 aromatic heterocycles. The van der Waals surface area contributed by atoms with Crippen molar-refractivity contribution in [3.8, 4) is 11.6 Å². The number of nitrogens with one attached hydrogen (secondary N) is 1. The van der Waals surface area contributed by atoms with Crippen molar-refractivity contribution >= 4 is 5.82 Å². The first kappa shape index (κ1) is 14.3. The largest absolute Gasteiger partial charge is 0.489 e. The predicted octanol–water partition coefficient (Wildman–Crippen LogP) is 2.65. The van der Waals surface area contributed by atoms with Gasteiger partial charge in [-0.25, -0.2) is 4.98 Å². The number of ether oxygens (including phenoxy) is 2. The summed E-state index contributed by atoms with van der Waals surface area (Å²) in [4.78, 5) is 8.24. The molecule has 0 aromatic carbocycles. The first-order chi connectivity index (χ1) is 8.83. The number of hydrogen-bond donors (Lipinski definition) is 1. The Hall–Kier alpha value is -1.78. The van der Waals surface area contributed by atoms with Crippen molar-refractivity contribution in [2.24, 2.45) is 0 Å². The Morgan fingerprint density at radius 2 is 2.28 bits per heavy atom. The predicted molar refractivity (Wildman–Crippen MR) is 72.3 cm³/mol. The lowest BCUT2D eigenvalue weighted by Crippen LogP contribution is -2.07. The first-order valence-electron chi connectivity index (χ1n) is 6.20. The van der Waals surface area contributed by atoms with Crippen LogP contribution in [0.3, 0.4) is 0 Å².